The molecule has 7 nitrogen and oxygen atoms in total. The Bertz CT molecular complexity index is 746. The third kappa shape index (κ3) is 4.83. The van der Waals surface area contributed by atoms with E-state index in [9.17, 15) is 13.2 Å². The topological polar surface area (TPSA) is 101 Å². The predicted octanol–water partition coefficient (Wildman–Crippen LogP) is 1.81. The Morgan fingerprint density at radius 3 is 2.52 bits per heavy atom. The van der Waals surface area contributed by atoms with E-state index in [0.717, 1.165) is 12.8 Å². The van der Waals surface area contributed by atoms with Crippen molar-refractivity contribution in [2.24, 2.45) is 0 Å². The number of unbranched alkanes of at least 4 members (excludes halogenated alkanes) is 1. The van der Waals surface area contributed by atoms with Gasteiger partial charge in [0.2, 0.25) is 10.0 Å². The molecule has 122 valence electrons. The Morgan fingerprint density at radius 1 is 1.17 bits per heavy atom. The summed E-state index contributed by atoms with van der Waals surface area (Å²) in [5.41, 5.74) is 0.665. The average Bonchev–Trinajstić information content (AvgIpc) is 2.56. The summed E-state index contributed by atoms with van der Waals surface area (Å²) in [4.78, 5) is 19.8. The van der Waals surface area contributed by atoms with Gasteiger partial charge in [-0.3, -0.25) is 9.78 Å². The molecule has 1 heterocycles. The van der Waals surface area contributed by atoms with Crippen molar-refractivity contribution in [3.05, 3.63) is 48.5 Å². The molecule has 8 heteroatoms. The molecule has 0 saturated heterocycles. The number of amides is 1. The lowest BCUT2D eigenvalue weighted by Gasteiger charge is -2.08. The number of aromatic nitrogens is 2. The van der Waals surface area contributed by atoms with E-state index in [-0.39, 0.29) is 10.6 Å². The first-order valence-corrected chi connectivity index (χ1v) is 8.68. The molecule has 2 aromatic rings. The Morgan fingerprint density at radius 2 is 1.91 bits per heavy atom. The summed E-state index contributed by atoms with van der Waals surface area (Å²) >= 11 is 0. The smallest absolute Gasteiger partial charge is 0.275 e. The summed E-state index contributed by atoms with van der Waals surface area (Å²) in [5, 5.41) is 2.63. The number of anilines is 1. The minimum absolute atomic E-state index is 0.158. The van der Waals surface area contributed by atoms with Gasteiger partial charge in [0, 0.05) is 24.6 Å². The van der Waals surface area contributed by atoms with Crippen LogP contribution >= 0.6 is 0 Å². The first-order chi connectivity index (χ1) is 11.0. The largest absolute Gasteiger partial charge is 0.321 e. The van der Waals surface area contributed by atoms with Crippen LogP contribution in [-0.4, -0.2) is 30.8 Å². The lowest BCUT2D eigenvalue weighted by atomic mass is 10.3. The maximum Gasteiger partial charge on any atom is 0.275 e. The Labute approximate surface area is 135 Å². The second-order valence-corrected chi connectivity index (χ2v) is 6.59. The van der Waals surface area contributed by atoms with E-state index < -0.39 is 15.9 Å². The van der Waals surface area contributed by atoms with Gasteiger partial charge in [0.1, 0.15) is 5.69 Å². The van der Waals surface area contributed by atoms with Crippen LogP contribution in [-0.2, 0) is 10.0 Å². The third-order valence-corrected chi connectivity index (χ3v) is 4.52. The predicted molar refractivity (Wildman–Crippen MR) is 86.5 cm³/mol. The van der Waals surface area contributed by atoms with Crippen molar-refractivity contribution in [3.63, 3.8) is 0 Å². The van der Waals surface area contributed by atoms with Gasteiger partial charge in [-0.2, -0.15) is 0 Å². The van der Waals surface area contributed by atoms with Crippen molar-refractivity contribution in [1.29, 1.82) is 0 Å². The Kier molecular flexibility index (Phi) is 5.78. The molecular weight excluding hydrogens is 316 g/mol. The Balaban J connectivity index is 2.03. The number of nitrogens with one attached hydrogen (secondary N) is 2. The highest BCUT2D eigenvalue weighted by Gasteiger charge is 2.13. The molecule has 0 aliphatic heterocycles. The molecule has 0 atom stereocenters. The number of nitrogens with zero attached hydrogens (tertiary/aromatic N) is 2. The van der Waals surface area contributed by atoms with Gasteiger partial charge in [0.25, 0.3) is 5.91 Å². The van der Waals surface area contributed by atoms with Crippen molar-refractivity contribution in [3.8, 4) is 0 Å². The number of carbonyl (C=O) groups excluding carboxylic acids is 1. The lowest BCUT2D eigenvalue weighted by Crippen LogP contribution is -2.24. The summed E-state index contributed by atoms with van der Waals surface area (Å²) < 4.78 is 26.6. The van der Waals surface area contributed by atoms with Crippen molar-refractivity contribution in [2.75, 3.05) is 11.9 Å². The van der Waals surface area contributed by atoms with E-state index in [1.807, 2.05) is 6.92 Å². The van der Waals surface area contributed by atoms with Gasteiger partial charge >= 0.3 is 0 Å². The third-order valence-electron chi connectivity index (χ3n) is 3.04. The minimum atomic E-state index is -3.51. The summed E-state index contributed by atoms with van der Waals surface area (Å²) in [6, 6.07) is 5.95. The van der Waals surface area contributed by atoms with E-state index >= 15 is 0 Å². The molecule has 0 spiro atoms. The van der Waals surface area contributed by atoms with Crippen LogP contribution in [0.1, 0.15) is 30.3 Å². The van der Waals surface area contributed by atoms with Gasteiger partial charge in [-0.05, 0) is 30.7 Å². The van der Waals surface area contributed by atoms with Crippen molar-refractivity contribution >= 4 is 21.6 Å². The average molecular weight is 334 g/mol. The van der Waals surface area contributed by atoms with E-state index in [2.05, 4.69) is 20.0 Å². The number of benzene rings is 1. The number of hydrogen-bond donors (Lipinski definition) is 2. The molecule has 0 unspecified atom stereocenters. The van der Waals surface area contributed by atoms with Crippen LogP contribution in [0.5, 0.6) is 0 Å². The fraction of sp³-hybridized carbons (Fsp3) is 0.267. The number of hydrogen-bond acceptors (Lipinski definition) is 5. The van der Waals surface area contributed by atoms with Crippen molar-refractivity contribution in [2.45, 2.75) is 24.7 Å². The first-order valence-electron chi connectivity index (χ1n) is 7.20. The summed E-state index contributed by atoms with van der Waals surface area (Å²) in [5.74, 6) is -0.408. The monoisotopic (exact) mass is 334 g/mol. The van der Waals surface area contributed by atoms with Gasteiger partial charge < -0.3 is 5.32 Å². The van der Waals surface area contributed by atoms with E-state index in [0.29, 0.717) is 12.2 Å². The van der Waals surface area contributed by atoms with Crippen LogP contribution in [0.25, 0.3) is 0 Å². The van der Waals surface area contributed by atoms with Crippen LogP contribution in [0.3, 0.4) is 0 Å². The Hall–Kier alpha value is -2.32. The van der Waals surface area contributed by atoms with Crippen LogP contribution in [0, 0.1) is 0 Å². The highest BCUT2D eigenvalue weighted by Crippen LogP contribution is 2.14. The highest BCUT2D eigenvalue weighted by molar-refractivity contribution is 7.89. The van der Waals surface area contributed by atoms with Crippen LogP contribution in [0.15, 0.2) is 47.8 Å². The number of carbonyl (C=O) groups is 1. The van der Waals surface area contributed by atoms with Gasteiger partial charge in [0.15, 0.2) is 0 Å². The SMILES string of the molecule is CCCCNS(=O)(=O)c1ccc(NC(=O)c2cnccn2)cc1. The minimum Gasteiger partial charge on any atom is -0.321 e. The highest BCUT2D eigenvalue weighted by atomic mass is 32.2. The van der Waals surface area contributed by atoms with Gasteiger partial charge in [-0.1, -0.05) is 13.3 Å². The molecule has 2 rings (SSSR count). The fourth-order valence-electron chi connectivity index (χ4n) is 1.80. The zero-order valence-electron chi connectivity index (χ0n) is 12.7. The summed E-state index contributed by atoms with van der Waals surface area (Å²) in [6.07, 6.45) is 5.95. The molecule has 0 aliphatic rings. The molecule has 0 fully saturated rings. The standard InChI is InChI=1S/C15H18N4O3S/c1-2-3-8-18-23(21,22)13-6-4-12(5-7-13)19-15(20)14-11-16-9-10-17-14/h4-7,9-11,18H,2-3,8H2,1H3,(H,19,20). The maximum atomic E-state index is 12.0. The molecule has 1 aromatic heterocycles. The normalized spacial score (nSPS) is 11.2. The van der Waals surface area contributed by atoms with E-state index in [1.54, 1.807) is 0 Å². The summed E-state index contributed by atoms with van der Waals surface area (Å²) in [7, 11) is -3.51. The zero-order valence-corrected chi connectivity index (χ0v) is 13.5. The molecule has 0 aliphatic carbocycles. The molecular formula is C15H18N4O3S. The summed E-state index contributed by atoms with van der Waals surface area (Å²) in [6.45, 7) is 2.40. The maximum absolute atomic E-state index is 12.0. The van der Waals surface area contributed by atoms with Crippen LogP contribution in [0.2, 0.25) is 0 Å². The van der Waals surface area contributed by atoms with Gasteiger partial charge in [-0.25, -0.2) is 18.1 Å². The lowest BCUT2D eigenvalue weighted by molar-refractivity contribution is 0.102. The molecule has 23 heavy (non-hydrogen) atoms. The van der Waals surface area contributed by atoms with E-state index in [4.69, 9.17) is 0 Å². The molecule has 1 aromatic carbocycles. The first kappa shape index (κ1) is 17.0. The molecule has 0 saturated carbocycles. The quantitative estimate of drug-likeness (QED) is 0.752. The van der Waals surface area contributed by atoms with Crippen molar-refractivity contribution in [1.82, 2.24) is 14.7 Å². The molecule has 0 bridgehead atoms. The van der Waals surface area contributed by atoms with Crippen LogP contribution < -0.4 is 10.0 Å². The second-order valence-electron chi connectivity index (χ2n) is 4.82. The molecule has 0 radical (unpaired) electrons. The molecule has 1 amide bonds. The van der Waals surface area contributed by atoms with Gasteiger partial charge in [0.05, 0.1) is 11.1 Å². The fourth-order valence-corrected chi connectivity index (χ4v) is 2.87. The zero-order chi connectivity index (χ0) is 16.7. The molecule has 2 N–H and O–H groups in total. The van der Waals surface area contributed by atoms with Gasteiger partial charge in [-0.15, -0.1) is 0 Å². The second kappa shape index (κ2) is 7.80. The van der Waals surface area contributed by atoms with Crippen LogP contribution in [0.4, 0.5) is 5.69 Å². The van der Waals surface area contributed by atoms with Crippen molar-refractivity contribution < 1.29 is 13.2 Å². The number of rotatable bonds is 7. The van der Waals surface area contributed by atoms with E-state index in [1.165, 1.54) is 42.9 Å². The number of sulfonamides is 1.